The predicted molar refractivity (Wildman–Crippen MR) is 89.4 cm³/mol. The molecule has 0 aliphatic heterocycles. The van der Waals surface area contributed by atoms with Crippen LogP contribution in [0.2, 0.25) is 0 Å². The Balaban J connectivity index is 0.00000288. The van der Waals surface area contributed by atoms with E-state index >= 15 is 0 Å². The molecule has 2 aromatic rings. The van der Waals surface area contributed by atoms with Gasteiger partial charge in [-0.25, -0.2) is 9.78 Å². The molecule has 134 valence electrons. The third-order valence-electron chi connectivity index (χ3n) is 3.31. The molecule has 0 saturated heterocycles. The second-order valence-corrected chi connectivity index (χ2v) is 5.21. The van der Waals surface area contributed by atoms with E-state index in [0.29, 0.717) is 6.54 Å². The van der Waals surface area contributed by atoms with Gasteiger partial charge >= 0.3 is 5.97 Å². The van der Waals surface area contributed by atoms with E-state index in [9.17, 15) is 9.59 Å². The van der Waals surface area contributed by atoms with Crippen LogP contribution in [0, 0.1) is 5.92 Å². The minimum Gasteiger partial charge on any atom is -0.369 e. The summed E-state index contributed by atoms with van der Waals surface area (Å²) in [6.07, 6.45) is 1.20. The first kappa shape index (κ1) is 19.9. The second kappa shape index (κ2) is 8.08. The van der Waals surface area contributed by atoms with E-state index in [2.05, 4.69) is 15.0 Å². The van der Waals surface area contributed by atoms with Gasteiger partial charge in [0.25, 0.3) is 5.56 Å². The molecule has 0 saturated carbocycles. The topological polar surface area (TPSA) is 128 Å². The highest BCUT2D eigenvalue weighted by Gasteiger charge is 2.31. The van der Waals surface area contributed by atoms with E-state index in [1.165, 1.54) is 18.5 Å². The van der Waals surface area contributed by atoms with E-state index in [1.807, 2.05) is 20.8 Å². The van der Waals surface area contributed by atoms with Crippen LogP contribution in [0.25, 0.3) is 11.2 Å². The Bertz CT molecular complexity index is 754. The number of nitrogens with one attached hydrogen (secondary N) is 1. The number of H-pyrrole nitrogens is 1. The van der Waals surface area contributed by atoms with Crippen molar-refractivity contribution in [2.24, 2.45) is 5.92 Å². The van der Waals surface area contributed by atoms with Gasteiger partial charge < -0.3 is 15.4 Å². The van der Waals surface area contributed by atoms with Crippen molar-refractivity contribution in [3.8, 4) is 0 Å². The molecular formula is C13H21ClN6O4. The number of carbonyl (C=O) groups is 1. The van der Waals surface area contributed by atoms with Gasteiger partial charge in [0, 0.05) is 6.54 Å². The van der Waals surface area contributed by atoms with Crippen molar-refractivity contribution in [1.82, 2.24) is 24.7 Å². The van der Waals surface area contributed by atoms with E-state index in [-0.39, 0.29) is 35.4 Å². The summed E-state index contributed by atoms with van der Waals surface area (Å²) in [5.74, 6) is -0.699. The molecule has 0 aromatic carbocycles. The van der Waals surface area contributed by atoms with Crippen molar-refractivity contribution in [3.63, 3.8) is 0 Å². The lowest BCUT2D eigenvalue weighted by atomic mass is 10.0. The van der Waals surface area contributed by atoms with Crippen LogP contribution < -0.4 is 16.1 Å². The highest BCUT2D eigenvalue weighted by atomic mass is 35.5. The molecule has 11 heteroatoms. The number of likely N-dealkylation sites (N-methyl/N-ethyl adjacent to an activating group) is 1. The minimum absolute atomic E-state index is 0. The van der Waals surface area contributed by atoms with Crippen LogP contribution in [0.5, 0.6) is 0 Å². The first-order valence-corrected chi connectivity index (χ1v) is 7.14. The molecule has 2 rings (SSSR count). The Morgan fingerprint density at radius 1 is 1.50 bits per heavy atom. The summed E-state index contributed by atoms with van der Waals surface area (Å²) in [4.78, 5) is 44.9. The molecule has 3 N–H and O–H groups in total. The van der Waals surface area contributed by atoms with Crippen LogP contribution in [-0.4, -0.2) is 50.4 Å². The van der Waals surface area contributed by atoms with Crippen LogP contribution in [0.15, 0.2) is 11.1 Å². The summed E-state index contributed by atoms with van der Waals surface area (Å²) in [6.45, 7) is 6.12. The van der Waals surface area contributed by atoms with Gasteiger partial charge in [0.15, 0.2) is 5.52 Å². The predicted octanol–water partition coefficient (Wildman–Crippen LogP) is -0.0133. The second-order valence-electron chi connectivity index (χ2n) is 5.21. The number of nitrogens with two attached hydrogens (primary N) is 1. The van der Waals surface area contributed by atoms with Crippen molar-refractivity contribution in [3.05, 3.63) is 16.7 Å². The normalized spacial score (nSPS) is 12.4. The molecular weight excluding hydrogens is 340 g/mol. The Hall–Kier alpha value is -2.17. The Morgan fingerprint density at radius 2 is 2.17 bits per heavy atom. The number of hydroxylamine groups is 2. The molecule has 0 aliphatic carbocycles. The monoisotopic (exact) mass is 360 g/mol. The summed E-state index contributed by atoms with van der Waals surface area (Å²) >= 11 is 0. The van der Waals surface area contributed by atoms with E-state index < -0.39 is 17.6 Å². The maximum Gasteiger partial charge on any atom is 0.352 e. The number of aromatic nitrogens is 4. The Labute approximate surface area is 144 Å². The molecule has 0 bridgehead atoms. The lowest BCUT2D eigenvalue weighted by Gasteiger charge is -2.29. The van der Waals surface area contributed by atoms with Gasteiger partial charge in [0.05, 0.1) is 7.11 Å². The number of fused-ring (bicyclic) bond motifs is 1. The SMILES string of the molecule is CCN(OC)[C@H](C(=O)On1cnc2c(=O)[nH]c(N)nc21)C(C)C.Cl. The Kier molecular flexibility index (Phi) is 6.70. The van der Waals surface area contributed by atoms with Crippen molar-refractivity contribution < 1.29 is 14.5 Å². The molecule has 0 aliphatic rings. The number of halogens is 1. The van der Waals surface area contributed by atoms with Gasteiger partial charge in [-0.2, -0.15) is 10.0 Å². The number of rotatable bonds is 6. The molecule has 10 nitrogen and oxygen atoms in total. The molecule has 0 radical (unpaired) electrons. The number of hydrogen-bond acceptors (Lipinski definition) is 8. The Morgan fingerprint density at radius 3 is 2.71 bits per heavy atom. The van der Waals surface area contributed by atoms with E-state index in [0.717, 1.165) is 4.73 Å². The van der Waals surface area contributed by atoms with Gasteiger partial charge in [-0.3, -0.25) is 9.78 Å². The summed E-state index contributed by atoms with van der Waals surface area (Å²) < 4.78 is 1.03. The fourth-order valence-electron chi connectivity index (χ4n) is 2.29. The summed E-state index contributed by atoms with van der Waals surface area (Å²) in [5.41, 5.74) is 5.11. The quantitative estimate of drug-likeness (QED) is 0.688. The molecule has 0 spiro atoms. The number of nitrogens with zero attached hydrogens (tertiary/aromatic N) is 4. The van der Waals surface area contributed by atoms with Crippen LogP contribution >= 0.6 is 12.4 Å². The maximum absolute atomic E-state index is 12.5. The van der Waals surface area contributed by atoms with Crippen LogP contribution in [0.3, 0.4) is 0 Å². The number of carbonyl (C=O) groups excluding carboxylic acids is 1. The summed E-state index contributed by atoms with van der Waals surface area (Å²) in [5, 5.41) is 1.51. The first-order valence-electron chi connectivity index (χ1n) is 7.14. The van der Waals surface area contributed by atoms with Crippen LogP contribution in [0.4, 0.5) is 5.95 Å². The summed E-state index contributed by atoms with van der Waals surface area (Å²) in [7, 11) is 1.49. The third-order valence-corrected chi connectivity index (χ3v) is 3.31. The summed E-state index contributed by atoms with van der Waals surface area (Å²) in [6, 6.07) is -0.623. The molecule has 0 fully saturated rings. The highest BCUT2D eigenvalue weighted by Crippen LogP contribution is 2.13. The van der Waals surface area contributed by atoms with Gasteiger partial charge in [-0.15, -0.1) is 17.1 Å². The third kappa shape index (κ3) is 3.83. The van der Waals surface area contributed by atoms with Gasteiger partial charge in [-0.1, -0.05) is 20.8 Å². The van der Waals surface area contributed by atoms with Gasteiger partial charge in [-0.05, 0) is 5.92 Å². The first-order chi connectivity index (χ1) is 10.9. The zero-order valence-electron chi connectivity index (χ0n) is 13.8. The largest absolute Gasteiger partial charge is 0.369 e. The average molecular weight is 361 g/mol. The van der Waals surface area contributed by atoms with E-state index in [1.54, 1.807) is 0 Å². The number of imidazole rings is 1. The van der Waals surface area contributed by atoms with Crippen molar-refractivity contribution >= 4 is 35.5 Å². The molecule has 0 amide bonds. The maximum atomic E-state index is 12.5. The van der Waals surface area contributed by atoms with Gasteiger partial charge in [0.1, 0.15) is 12.4 Å². The fraction of sp³-hybridized carbons (Fsp3) is 0.538. The molecule has 0 unspecified atom stereocenters. The fourth-order valence-corrected chi connectivity index (χ4v) is 2.29. The zero-order chi connectivity index (χ0) is 17.1. The highest BCUT2D eigenvalue weighted by molar-refractivity contribution is 5.85. The number of hydrogen-bond donors (Lipinski definition) is 2. The number of anilines is 1. The zero-order valence-corrected chi connectivity index (χ0v) is 14.7. The van der Waals surface area contributed by atoms with Gasteiger partial charge in [0.2, 0.25) is 11.6 Å². The average Bonchev–Trinajstić information content (AvgIpc) is 2.87. The van der Waals surface area contributed by atoms with Crippen molar-refractivity contribution in [2.45, 2.75) is 26.8 Å². The lowest BCUT2D eigenvalue weighted by molar-refractivity contribution is -0.193. The standard InChI is InChI=1S/C13H20N6O4.ClH/c1-5-18(22-4)9(7(2)3)12(21)23-19-6-15-8-10(19)16-13(14)17-11(8)20;/h6-7,9H,5H2,1-4H3,(H3,14,16,17,20);1H/t9-;/m0./s1. The van der Waals surface area contributed by atoms with E-state index in [4.69, 9.17) is 15.4 Å². The van der Waals surface area contributed by atoms with Crippen molar-refractivity contribution in [2.75, 3.05) is 19.4 Å². The lowest BCUT2D eigenvalue weighted by Crippen LogP contribution is -2.47. The smallest absolute Gasteiger partial charge is 0.352 e. The molecule has 24 heavy (non-hydrogen) atoms. The molecule has 2 heterocycles. The number of aromatic amines is 1. The molecule has 1 atom stereocenters. The number of nitrogen functional groups attached to an aromatic ring is 1. The molecule has 2 aromatic heterocycles. The van der Waals surface area contributed by atoms with Crippen LogP contribution in [0.1, 0.15) is 20.8 Å². The van der Waals surface area contributed by atoms with Crippen molar-refractivity contribution in [1.29, 1.82) is 0 Å². The minimum atomic E-state index is -0.623. The van der Waals surface area contributed by atoms with Crippen LogP contribution in [-0.2, 0) is 9.63 Å².